The van der Waals surface area contributed by atoms with Crippen molar-refractivity contribution in [1.82, 2.24) is 9.88 Å². The summed E-state index contributed by atoms with van der Waals surface area (Å²) in [6, 6.07) is 18.5. The molecule has 1 N–H and O–H groups in total. The molecule has 140 valence electrons. The van der Waals surface area contributed by atoms with E-state index in [9.17, 15) is 4.79 Å². The summed E-state index contributed by atoms with van der Waals surface area (Å²) >= 11 is 0. The number of esters is 1. The molecule has 0 saturated heterocycles. The number of H-pyrrole nitrogens is 1. The summed E-state index contributed by atoms with van der Waals surface area (Å²) in [7, 11) is 0. The van der Waals surface area contributed by atoms with Crippen LogP contribution in [0, 0.1) is 0 Å². The van der Waals surface area contributed by atoms with Gasteiger partial charge in [-0.3, -0.25) is 9.69 Å². The number of carbonyl (C=O) groups excluding carboxylic acids is 1. The smallest absolute Gasteiger partial charge is 0.323 e. The van der Waals surface area contributed by atoms with Crippen molar-refractivity contribution in [2.75, 3.05) is 0 Å². The lowest BCUT2D eigenvalue weighted by Crippen LogP contribution is -2.48. The molecular formula is C23H26N2O2. The highest BCUT2D eigenvalue weighted by Gasteiger charge is 2.39. The monoisotopic (exact) mass is 362 g/mol. The van der Waals surface area contributed by atoms with E-state index in [0.717, 1.165) is 5.52 Å². The second kappa shape index (κ2) is 7.20. The maximum Gasteiger partial charge on any atom is 0.323 e. The highest BCUT2D eigenvalue weighted by Crippen LogP contribution is 2.38. The molecule has 3 aromatic rings. The minimum atomic E-state index is -0.283. The van der Waals surface area contributed by atoms with Crippen LogP contribution in [-0.2, 0) is 22.5 Å². The van der Waals surface area contributed by atoms with E-state index >= 15 is 0 Å². The van der Waals surface area contributed by atoms with E-state index < -0.39 is 0 Å². The van der Waals surface area contributed by atoms with Gasteiger partial charge in [0.15, 0.2) is 0 Å². The fourth-order valence-corrected chi connectivity index (χ4v) is 4.11. The van der Waals surface area contributed by atoms with Gasteiger partial charge in [-0.2, -0.15) is 0 Å². The predicted octanol–water partition coefficient (Wildman–Crippen LogP) is 4.61. The zero-order chi connectivity index (χ0) is 19.0. The van der Waals surface area contributed by atoms with E-state index in [1.54, 1.807) is 0 Å². The lowest BCUT2D eigenvalue weighted by Gasteiger charge is -2.39. The van der Waals surface area contributed by atoms with Gasteiger partial charge >= 0.3 is 5.97 Å². The van der Waals surface area contributed by atoms with Crippen molar-refractivity contribution in [3.63, 3.8) is 0 Å². The number of para-hydroxylation sites is 1. The normalized spacial score (nSPS) is 20.0. The van der Waals surface area contributed by atoms with Crippen LogP contribution in [0.4, 0.5) is 0 Å². The molecule has 1 aliphatic heterocycles. The number of rotatable bonds is 4. The van der Waals surface area contributed by atoms with Gasteiger partial charge in [0.25, 0.3) is 0 Å². The van der Waals surface area contributed by atoms with Gasteiger partial charge in [-0.15, -0.1) is 0 Å². The van der Waals surface area contributed by atoms with Crippen LogP contribution in [0.2, 0.25) is 0 Å². The van der Waals surface area contributed by atoms with Gasteiger partial charge in [0.1, 0.15) is 6.04 Å². The van der Waals surface area contributed by atoms with Crippen molar-refractivity contribution in [3.8, 4) is 0 Å². The van der Waals surface area contributed by atoms with Gasteiger partial charge in [0.2, 0.25) is 0 Å². The summed E-state index contributed by atoms with van der Waals surface area (Å²) in [5.74, 6) is -0.135. The molecule has 0 aliphatic carbocycles. The van der Waals surface area contributed by atoms with Crippen LogP contribution in [0.3, 0.4) is 0 Å². The number of hydrogen-bond donors (Lipinski definition) is 1. The Bertz CT molecular complexity index is 945. The van der Waals surface area contributed by atoms with E-state index in [-0.39, 0.29) is 24.2 Å². The first-order valence-corrected chi connectivity index (χ1v) is 9.64. The third kappa shape index (κ3) is 3.37. The van der Waals surface area contributed by atoms with Crippen molar-refractivity contribution in [3.05, 3.63) is 71.4 Å². The molecule has 0 amide bonds. The fraction of sp³-hybridized carbons (Fsp3) is 0.348. The number of carbonyl (C=O) groups is 1. The van der Waals surface area contributed by atoms with Gasteiger partial charge < -0.3 is 9.72 Å². The number of ether oxygens (including phenoxy) is 1. The summed E-state index contributed by atoms with van der Waals surface area (Å²) in [4.78, 5) is 18.8. The maximum atomic E-state index is 12.9. The Hall–Kier alpha value is -2.59. The average Bonchev–Trinajstić information content (AvgIpc) is 3.03. The zero-order valence-electron chi connectivity index (χ0n) is 16.1. The van der Waals surface area contributed by atoms with Gasteiger partial charge in [0, 0.05) is 35.6 Å². The summed E-state index contributed by atoms with van der Waals surface area (Å²) in [6.45, 7) is 6.70. The first-order valence-electron chi connectivity index (χ1n) is 9.64. The average molecular weight is 362 g/mol. The lowest BCUT2D eigenvalue weighted by atomic mass is 9.91. The molecular weight excluding hydrogens is 336 g/mol. The minimum Gasteiger partial charge on any atom is -0.462 e. The predicted molar refractivity (Wildman–Crippen MR) is 107 cm³/mol. The number of nitrogens with one attached hydrogen (secondary N) is 1. The lowest BCUT2D eigenvalue weighted by molar-refractivity contribution is -0.155. The topological polar surface area (TPSA) is 45.3 Å². The second-order valence-electron chi connectivity index (χ2n) is 7.60. The first-order chi connectivity index (χ1) is 13.0. The van der Waals surface area contributed by atoms with Crippen LogP contribution in [0.25, 0.3) is 10.9 Å². The van der Waals surface area contributed by atoms with E-state index in [4.69, 9.17) is 4.74 Å². The Morgan fingerprint density at radius 1 is 1.15 bits per heavy atom. The number of aromatic nitrogens is 1. The molecule has 2 atom stereocenters. The third-order valence-electron chi connectivity index (χ3n) is 5.39. The quantitative estimate of drug-likeness (QED) is 0.690. The van der Waals surface area contributed by atoms with E-state index in [1.807, 2.05) is 38.1 Å². The molecule has 0 unspecified atom stereocenters. The van der Waals surface area contributed by atoms with Crippen LogP contribution in [0.1, 0.15) is 43.6 Å². The Morgan fingerprint density at radius 3 is 2.59 bits per heavy atom. The molecule has 0 saturated carbocycles. The zero-order valence-corrected chi connectivity index (χ0v) is 16.1. The molecule has 4 heteroatoms. The van der Waals surface area contributed by atoms with Crippen molar-refractivity contribution in [1.29, 1.82) is 0 Å². The highest BCUT2D eigenvalue weighted by atomic mass is 16.5. The van der Waals surface area contributed by atoms with Crippen LogP contribution in [-0.4, -0.2) is 28.0 Å². The molecule has 4 nitrogen and oxygen atoms in total. The molecule has 2 heterocycles. The number of aromatic amines is 1. The van der Waals surface area contributed by atoms with Crippen LogP contribution >= 0.6 is 0 Å². The standard InChI is InChI=1S/C23H26N2O2/c1-15(2)27-23(26)21-13-19-18-11-7-8-12-20(18)24-22(19)16(3)25(21)14-17-9-5-4-6-10-17/h4-12,15-16,21,24H,13-14H2,1-3H3/t16-,21-/m0/s1. The molecule has 1 aliphatic rings. The molecule has 1 aromatic heterocycles. The van der Waals surface area contributed by atoms with Crippen molar-refractivity contribution >= 4 is 16.9 Å². The van der Waals surface area contributed by atoms with Gasteiger partial charge in [-0.1, -0.05) is 48.5 Å². The van der Waals surface area contributed by atoms with E-state index in [0.29, 0.717) is 13.0 Å². The first kappa shape index (κ1) is 17.8. The minimum absolute atomic E-state index is 0.103. The molecule has 0 spiro atoms. The SMILES string of the molecule is CC(C)OC(=O)[C@@H]1Cc2c([nH]c3ccccc23)[C@H](C)N1Cc1ccccc1. The number of benzene rings is 2. The number of hydrogen-bond acceptors (Lipinski definition) is 3. The largest absolute Gasteiger partial charge is 0.462 e. The Balaban J connectivity index is 1.75. The fourth-order valence-electron chi connectivity index (χ4n) is 4.11. The van der Waals surface area contributed by atoms with Gasteiger partial charge in [-0.05, 0) is 38.0 Å². The van der Waals surface area contributed by atoms with Crippen molar-refractivity contribution in [2.45, 2.75) is 51.9 Å². The number of fused-ring (bicyclic) bond motifs is 3. The molecule has 2 aromatic carbocycles. The van der Waals surface area contributed by atoms with E-state index in [1.165, 1.54) is 22.2 Å². The number of nitrogens with zero attached hydrogens (tertiary/aromatic N) is 1. The summed E-state index contributed by atoms with van der Waals surface area (Å²) in [5, 5.41) is 1.21. The van der Waals surface area contributed by atoms with Crippen molar-refractivity contribution < 1.29 is 9.53 Å². The molecule has 0 bridgehead atoms. The van der Waals surface area contributed by atoms with Crippen molar-refractivity contribution in [2.24, 2.45) is 0 Å². The Kier molecular flexibility index (Phi) is 4.75. The highest BCUT2D eigenvalue weighted by molar-refractivity contribution is 5.87. The van der Waals surface area contributed by atoms with Crippen LogP contribution in [0.5, 0.6) is 0 Å². The van der Waals surface area contributed by atoms with Gasteiger partial charge in [-0.25, -0.2) is 0 Å². The molecule has 0 fully saturated rings. The molecule has 27 heavy (non-hydrogen) atoms. The van der Waals surface area contributed by atoms with Gasteiger partial charge in [0.05, 0.1) is 6.10 Å². The summed E-state index contributed by atoms with van der Waals surface area (Å²) in [6.07, 6.45) is 0.554. The van der Waals surface area contributed by atoms with Crippen LogP contribution < -0.4 is 0 Å². The summed E-state index contributed by atoms with van der Waals surface area (Å²) < 4.78 is 5.62. The maximum absolute atomic E-state index is 12.9. The van der Waals surface area contributed by atoms with E-state index in [2.05, 4.69) is 47.1 Å². The second-order valence-corrected chi connectivity index (χ2v) is 7.60. The molecule has 0 radical (unpaired) electrons. The summed E-state index contributed by atoms with van der Waals surface area (Å²) in [5.41, 5.74) is 4.78. The Labute approximate surface area is 160 Å². The van der Waals surface area contributed by atoms with Crippen LogP contribution in [0.15, 0.2) is 54.6 Å². The molecule has 4 rings (SSSR count). The Morgan fingerprint density at radius 2 is 1.85 bits per heavy atom. The third-order valence-corrected chi connectivity index (χ3v) is 5.39.